The first-order valence-electron chi connectivity index (χ1n) is 22.1. The first-order chi connectivity index (χ1) is 36.0. The number of methoxy groups -OCH3 is 3. The molecule has 6 aromatic carbocycles. The molecule has 2 heterocycles. The predicted molar refractivity (Wildman–Crippen MR) is 280 cm³/mol. The predicted octanol–water partition coefficient (Wildman–Crippen LogP) is 6.97. The van der Waals surface area contributed by atoms with Crippen LogP contribution in [0.3, 0.4) is 0 Å². The van der Waals surface area contributed by atoms with Crippen molar-refractivity contribution < 1.29 is 68.8 Å². The molecule has 396 valence electrons. The summed E-state index contributed by atoms with van der Waals surface area (Å²) < 4.78 is 94.3. The quantitative estimate of drug-likeness (QED) is 0.0261. The van der Waals surface area contributed by atoms with Crippen molar-refractivity contribution in [1.29, 1.82) is 0 Å². The van der Waals surface area contributed by atoms with Gasteiger partial charge in [-0.15, -0.1) is 0 Å². The maximum Gasteiger partial charge on any atom is 0.374 e. The number of H-pyrrole nitrogens is 1. The van der Waals surface area contributed by atoms with Crippen LogP contribution in [0.4, 0.5) is 22.7 Å². The van der Waals surface area contributed by atoms with E-state index in [1.165, 1.54) is 76.1 Å². The van der Waals surface area contributed by atoms with Crippen molar-refractivity contribution in [1.82, 2.24) is 9.71 Å². The lowest BCUT2D eigenvalue weighted by Gasteiger charge is -2.19. The smallest absolute Gasteiger partial charge is 0.374 e. The summed E-state index contributed by atoms with van der Waals surface area (Å²) in [5.41, 5.74) is 1.75. The van der Waals surface area contributed by atoms with E-state index in [4.69, 9.17) is 0 Å². The highest BCUT2D eigenvalue weighted by Gasteiger charge is 2.29. The number of rotatable bonds is 15. The van der Waals surface area contributed by atoms with Gasteiger partial charge in [0, 0.05) is 55.5 Å². The minimum atomic E-state index is -4.06. The number of carbonyl (C=O) groups excluding carboxylic acids is 4. The Kier molecular flexibility index (Phi) is 17.3. The molecule has 0 saturated heterocycles. The lowest BCUT2D eigenvalue weighted by molar-refractivity contribution is -0.385. The van der Waals surface area contributed by atoms with Gasteiger partial charge in [0.1, 0.15) is 5.69 Å². The van der Waals surface area contributed by atoms with E-state index in [2.05, 4.69) is 19.2 Å². The Bertz CT molecular complexity index is 3820. The molecular formula is C51H48N6O16S3. The Morgan fingerprint density at radius 3 is 1.45 bits per heavy atom. The number of sulfonamides is 3. The molecule has 0 unspecified atom stereocenters. The molecular weight excluding hydrogens is 1050 g/mol. The van der Waals surface area contributed by atoms with Gasteiger partial charge in [0.2, 0.25) is 5.78 Å². The Labute approximate surface area is 436 Å². The molecule has 8 rings (SSSR count). The number of aromatic amines is 1. The van der Waals surface area contributed by atoms with E-state index in [9.17, 15) is 59.8 Å². The van der Waals surface area contributed by atoms with Gasteiger partial charge in [-0.2, -0.15) is 4.73 Å². The highest BCUT2D eigenvalue weighted by Crippen LogP contribution is 2.30. The second-order valence-electron chi connectivity index (χ2n) is 16.0. The standard InChI is InChI=1S/C17H16N2O7S.C17H16N2O5S.C17H16N2O4S/c1-18(13-6-4-3-5-7-13)27(24,25)14-9-8-12(15(11-14)19(22)23)10-16(20)17(21)26-2;1-18(13-6-4-3-5-7-13)25(22,23)14-9-8-12-10-16(17(20)24-2)19(21)15(12)11-14;1-19(13-6-4-3-5-7-13)24(21,22)14-9-8-12-10-16(17(20)23-2)18-15(12)11-14/h3-9,11H,10H2,1-2H3;3-11,21H,1-2H3;3-11,18H,1-2H3. The third kappa shape index (κ3) is 12.1. The summed E-state index contributed by atoms with van der Waals surface area (Å²) in [5, 5.41) is 22.7. The Balaban J connectivity index is 0.000000185. The number of Topliss-reactive ketones (excluding diaryl/α,β-unsaturated/α-hetero) is 1. The average molecular weight is 1100 g/mol. The summed E-state index contributed by atoms with van der Waals surface area (Å²) in [6.45, 7) is 0. The summed E-state index contributed by atoms with van der Waals surface area (Å²) in [6, 6.07) is 40.8. The zero-order valence-electron chi connectivity index (χ0n) is 41.2. The maximum atomic E-state index is 12.8. The SMILES string of the molecule is COC(=O)C(=O)Cc1ccc(S(=O)(=O)N(C)c2ccccc2)cc1[N+](=O)[O-].COC(=O)c1cc2ccc(S(=O)(=O)N(C)c3ccccc3)cc2[nH]1.COC(=O)c1cc2ccc(S(=O)(=O)N(C)c3ccccc3)cc2n1O. The van der Waals surface area contributed by atoms with Crippen LogP contribution in [0.15, 0.2) is 172 Å². The van der Waals surface area contributed by atoms with Gasteiger partial charge in [-0.25, -0.2) is 39.6 Å². The number of para-hydroxylation sites is 3. The van der Waals surface area contributed by atoms with Crippen LogP contribution in [-0.2, 0) is 60.3 Å². The number of benzene rings is 6. The van der Waals surface area contributed by atoms with E-state index in [-0.39, 0.29) is 37.2 Å². The van der Waals surface area contributed by atoms with E-state index in [1.807, 2.05) is 6.07 Å². The van der Waals surface area contributed by atoms with Crippen molar-refractivity contribution in [2.24, 2.45) is 0 Å². The molecule has 0 aliphatic heterocycles. The fourth-order valence-corrected chi connectivity index (χ4v) is 10.9. The largest absolute Gasteiger partial charge is 0.464 e. The second-order valence-corrected chi connectivity index (χ2v) is 21.9. The normalized spacial score (nSPS) is 11.2. The number of aromatic nitrogens is 2. The Hall–Kier alpha value is -9.07. The van der Waals surface area contributed by atoms with E-state index in [0.29, 0.717) is 32.7 Å². The van der Waals surface area contributed by atoms with Crippen LogP contribution in [0.1, 0.15) is 26.5 Å². The van der Waals surface area contributed by atoms with Gasteiger partial charge in [0.15, 0.2) is 5.69 Å². The van der Waals surface area contributed by atoms with Gasteiger partial charge in [-0.3, -0.25) is 27.8 Å². The number of hydrogen-bond acceptors (Lipinski definition) is 16. The lowest BCUT2D eigenvalue weighted by Crippen LogP contribution is -2.26. The van der Waals surface area contributed by atoms with Gasteiger partial charge in [-0.1, -0.05) is 72.8 Å². The highest BCUT2D eigenvalue weighted by molar-refractivity contribution is 7.93. The summed E-state index contributed by atoms with van der Waals surface area (Å²) in [6.07, 6.45) is -0.572. The van der Waals surface area contributed by atoms with Crippen molar-refractivity contribution in [3.63, 3.8) is 0 Å². The summed E-state index contributed by atoms with van der Waals surface area (Å²) >= 11 is 0. The van der Waals surface area contributed by atoms with Crippen molar-refractivity contribution in [3.05, 3.63) is 185 Å². The zero-order valence-corrected chi connectivity index (χ0v) is 43.7. The molecule has 0 saturated carbocycles. The third-order valence-electron chi connectivity index (χ3n) is 11.5. The molecule has 25 heteroatoms. The van der Waals surface area contributed by atoms with Crippen LogP contribution in [0.25, 0.3) is 21.8 Å². The topological polar surface area (TPSA) is 292 Å². The number of anilines is 3. The Morgan fingerprint density at radius 2 is 1.00 bits per heavy atom. The van der Waals surface area contributed by atoms with Crippen LogP contribution in [0.2, 0.25) is 0 Å². The van der Waals surface area contributed by atoms with E-state index < -0.39 is 70.8 Å². The second kappa shape index (κ2) is 23.4. The van der Waals surface area contributed by atoms with Gasteiger partial charge in [0.25, 0.3) is 35.8 Å². The fraction of sp³-hybridized carbons (Fsp3) is 0.137. The monoisotopic (exact) mass is 1100 g/mol. The van der Waals surface area contributed by atoms with Crippen LogP contribution < -0.4 is 12.9 Å². The molecule has 76 heavy (non-hydrogen) atoms. The van der Waals surface area contributed by atoms with E-state index in [1.54, 1.807) is 97.1 Å². The van der Waals surface area contributed by atoms with Crippen molar-refractivity contribution in [2.75, 3.05) is 55.4 Å². The number of ether oxygens (including phenoxy) is 3. The fourth-order valence-electron chi connectivity index (χ4n) is 7.25. The van der Waals surface area contributed by atoms with Crippen molar-refractivity contribution >= 4 is 98.3 Å². The average Bonchev–Trinajstić information content (AvgIpc) is 4.03. The molecule has 2 aromatic heterocycles. The van der Waals surface area contributed by atoms with Crippen LogP contribution >= 0.6 is 0 Å². The number of ketones is 1. The lowest BCUT2D eigenvalue weighted by atomic mass is 10.1. The first-order valence-corrected chi connectivity index (χ1v) is 26.4. The summed E-state index contributed by atoms with van der Waals surface area (Å²) in [5.74, 6) is -3.33. The van der Waals surface area contributed by atoms with Crippen molar-refractivity contribution in [2.45, 2.75) is 21.1 Å². The van der Waals surface area contributed by atoms with Gasteiger partial charge >= 0.3 is 17.9 Å². The zero-order chi connectivity index (χ0) is 55.7. The number of nitrogens with zero attached hydrogens (tertiary/aromatic N) is 5. The molecule has 0 aliphatic rings. The highest BCUT2D eigenvalue weighted by atomic mass is 32.2. The molecule has 0 bridgehead atoms. The van der Waals surface area contributed by atoms with Gasteiger partial charge in [-0.05, 0) is 78.9 Å². The maximum absolute atomic E-state index is 12.8. The van der Waals surface area contributed by atoms with Crippen LogP contribution in [0, 0.1) is 10.1 Å². The first kappa shape index (κ1) is 56.2. The molecule has 8 aromatic rings. The number of nitro groups is 1. The summed E-state index contributed by atoms with van der Waals surface area (Å²) in [7, 11) is -3.80. The molecule has 0 fully saturated rings. The molecule has 0 spiro atoms. The minimum absolute atomic E-state index is 0.00355. The number of fused-ring (bicyclic) bond motifs is 2. The Morgan fingerprint density at radius 1 is 0.566 bits per heavy atom. The molecule has 0 aliphatic carbocycles. The molecule has 22 nitrogen and oxygen atoms in total. The summed E-state index contributed by atoms with van der Waals surface area (Å²) in [4.78, 5) is 59.4. The molecule has 2 N–H and O–H groups in total. The number of hydrogen-bond donors (Lipinski definition) is 2. The number of esters is 3. The van der Waals surface area contributed by atoms with Gasteiger partial charge < -0.3 is 24.4 Å². The van der Waals surface area contributed by atoms with Crippen LogP contribution in [0.5, 0.6) is 0 Å². The third-order valence-corrected chi connectivity index (χ3v) is 16.8. The number of nitrogens with one attached hydrogen (secondary N) is 1. The molecule has 0 radical (unpaired) electrons. The molecule has 0 atom stereocenters. The van der Waals surface area contributed by atoms with E-state index in [0.717, 1.165) is 39.3 Å². The van der Waals surface area contributed by atoms with Crippen LogP contribution in [-0.4, -0.2) is 111 Å². The van der Waals surface area contributed by atoms with Crippen molar-refractivity contribution in [3.8, 4) is 0 Å². The molecule has 0 amide bonds. The van der Waals surface area contributed by atoms with E-state index >= 15 is 0 Å². The minimum Gasteiger partial charge on any atom is -0.464 e. The van der Waals surface area contributed by atoms with Gasteiger partial charge in [0.05, 0.1) is 63.5 Å². The number of carbonyl (C=O) groups is 4. The number of nitro benzene ring substituents is 1.